The molecule has 0 fully saturated rings. The SMILES string of the molecule is CCCC(=O)N(c1cccc(C#N)c1)C(C)CC. The van der Waals surface area contributed by atoms with Crippen molar-refractivity contribution in [3.63, 3.8) is 0 Å². The van der Waals surface area contributed by atoms with Gasteiger partial charge in [-0.05, 0) is 38.0 Å². The molecule has 0 aliphatic rings. The summed E-state index contributed by atoms with van der Waals surface area (Å²) < 4.78 is 0. The number of carbonyl (C=O) groups excluding carboxylic acids is 1. The Bertz CT molecular complexity index is 448. The molecule has 1 atom stereocenters. The fourth-order valence-electron chi connectivity index (χ4n) is 1.89. The Morgan fingerprint density at radius 1 is 1.44 bits per heavy atom. The minimum atomic E-state index is 0.127. The van der Waals surface area contributed by atoms with Gasteiger partial charge in [-0.2, -0.15) is 5.26 Å². The first-order valence-corrected chi connectivity index (χ1v) is 6.46. The second kappa shape index (κ2) is 6.80. The lowest BCUT2D eigenvalue weighted by Gasteiger charge is -2.29. The monoisotopic (exact) mass is 244 g/mol. The van der Waals surface area contributed by atoms with Crippen molar-refractivity contribution in [3.05, 3.63) is 29.8 Å². The van der Waals surface area contributed by atoms with Gasteiger partial charge in [0.15, 0.2) is 0 Å². The van der Waals surface area contributed by atoms with E-state index in [-0.39, 0.29) is 11.9 Å². The molecule has 18 heavy (non-hydrogen) atoms. The van der Waals surface area contributed by atoms with Crippen LogP contribution >= 0.6 is 0 Å². The number of nitriles is 1. The van der Waals surface area contributed by atoms with Gasteiger partial charge in [0, 0.05) is 18.2 Å². The second-order valence-electron chi connectivity index (χ2n) is 4.43. The standard InChI is InChI=1S/C15H20N2O/c1-4-7-15(18)17(12(3)5-2)14-9-6-8-13(10-14)11-16/h6,8-10,12H,4-5,7H2,1-3H3. The molecule has 1 amide bonds. The molecule has 0 spiro atoms. The number of hydrogen-bond donors (Lipinski definition) is 0. The van der Waals surface area contributed by atoms with Gasteiger partial charge in [0.1, 0.15) is 0 Å². The molecule has 0 aliphatic carbocycles. The Kier molecular flexibility index (Phi) is 5.38. The minimum Gasteiger partial charge on any atom is -0.310 e. The maximum Gasteiger partial charge on any atom is 0.227 e. The van der Waals surface area contributed by atoms with Crippen LogP contribution in [0.3, 0.4) is 0 Å². The van der Waals surface area contributed by atoms with E-state index < -0.39 is 0 Å². The smallest absolute Gasteiger partial charge is 0.227 e. The summed E-state index contributed by atoms with van der Waals surface area (Å²) in [4.78, 5) is 14.0. The highest BCUT2D eigenvalue weighted by Crippen LogP contribution is 2.21. The van der Waals surface area contributed by atoms with Gasteiger partial charge < -0.3 is 4.90 Å². The number of hydrogen-bond acceptors (Lipinski definition) is 2. The molecule has 1 rings (SSSR count). The van der Waals surface area contributed by atoms with E-state index in [1.807, 2.05) is 30.9 Å². The van der Waals surface area contributed by atoms with Gasteiger partial charge >= 0.3 is 0 Å². The van der Waals surface area contributed by atoms with Crippen LogP contribution in [0.25, 0.3) is 0 Å². The number of nitrogens with zero attached hydrogens (tertiary/aromatic N) is 2. The Labute approximate surface area is 109 Å². The number of carbonyl (C=O) groups is 1. The number of anilines is 1. The molecule has 0 saturated heterocycles. The predicted molar refractivity (Wildman–Crippen MR) is 73.3 cm³/mol. The van der Waals surface area contributed by atoms with E-state index in [4.69, 9.17) is 5.26 Å². The van der Waals surface area contributed by atoms with E-state index in [9.17, 15) is 4.79 Å². The first-order valence-electron chi connectivity index (χ1n) is 6.46. The van der Waals surface area contributed by atoms with Crippen LogP contribution in [0, 0.1) is 11.3 Å². The number of benzene rings is 1. The maximum absolute atomic E-state index is 12.2. The van der Waals surface area contributed by atoms with Gasteiger partial charge in [-0.1, -0.05) is 19.9 Å². The Hall–Kier alpha value is -1.82. The predicted octanol–water partition coefficient (Wildman–Crippen LogP) is 3.49. The fourth-order valence-corrected chi connectivity index (χ4v) is 1.89. The third-order valence-corrected chi connectivity index (χ3v) is 3.02. The molecule has 1 aromatic carbocycles. The zero-order valence-electron chi connectivity index (χ0n) is 11.3. The first kappa shape index (κ1) is 14.2. The average molecular weight is 244 g/mol. The molecule has 1 aromatic rings. The molecule has 96 valence electrons. The van der Waals surface area contributed by atoms with Crippen LogP contribution in [-0.2, 0) is 4.79 Å². The molecule has 0 N–H and O–H groups in total. The van der Waals surface area contributed by atoms with E-state index in [1.165, 1.54) is 0 Å². The highest BCUT2D eigenvalue weighted by molar-refractivity contribution is 5.94. The molecule has 0 bridgehead atoms. The lowest BCUT2D eigenvalue weighted by Crippen LogP contribution is -2.38. The van der Waals surface area contributed by atoms with E-state index in [1.54, 1.807) is 12.1 Å². The molecule has 3 heteroatoms. The van der Waals surface area contributed by atoms with Crippen molar-refractivity contribution in [1.29, 1.82) is 5.26 Å². The summed E-state index contributed by atoms with van der Waals surface area (Å²) >= 11 is 0. The summed E-state index contributed by atoms with van der Waals surface area (Å²) in [7, 11) is 0. The zero-order chi connectivity index (χ0) is 13.5. The van der Waals surface area contributed by atoms with Gasteiger partial charge in [-0.25, -0.2) is 0 Å². The van der Waals surface area contributed by atoms with E-state index >= 15 is 0 Å². The highest BCUT2D eigenvalue weighted by atomic mass is 16.2. The average Bonchev–Trinajstić information content (AvgIpc) is 2.39. The summed E-state index contributed by atoms with van der Waals surface area (Å²) in [5, 5.41) is 8.93. The molecule has 0 heterocycles. The van der Waals surface area contributed by atoms with Crippen molar-refractivity contribution in [2.45, 2.75) is 46.1 Å². The molecule has 3 nitrogen and oxygen atoms in total. The van der Waals surface area contributed by atoms with E-state index in [0.29, 0.717) is 12.0 Å². The highest BCUT2D eigenvalue weighted by Gasteiger charge is 2.20. The summed E-state index contributed by atoms with van der Waals surface area (Å²) in [6.07, 6.45) is 2.27. The van der Waals surface area contributed by atoms with Crippen LogP contribution in [0.15, 0.2) is 24.3 Å². The minimum absolute atomic E-state index is 0.127. The van der Waals surface area contributed by atoms with Crippen molar-refractivity contribution in [3.8, 4) is 6.07 Å². The largest absolute Gasteiger partial charge is 0.310 e. The molecular formula is C15H20N2O. The van der Waals surface area contributed by atoms with Crippen molar-refractivity contribution in [2.75, 3.05) is 4.90 Å². The Morgan fingerprint density at radius 2 is 2.17 bits per heavy atom. The van der Waals surface area contributed by atoms with Gasteiger partial charge in [-0.3, -0.25) is 4.79 Å². The van der Waals surface area contributed by atoms with Crippen LogP contribution in [0.4, 0.5) is 5.69 Å². The third kappa shape index (κ3) is 3.33. The molecule has 0 aliphatic heterocycles. The quantitative estimate of drug-likeness (QED) is 0.795. The van der Waals surface area contributed by atoms with Gasteiger partial charge in [-0.15, -0.1) is 0 Å². The van der Waals surface area contributed by atoms with Crippen molar-refractivity contribution in [1.82, 2.24) is 0 Å². The van der Waals surface area contributed by atoms with E-state index in [2.05, 4.69) is 13.0 Å². The normalized spacial score (nSPS) is 11.7. The van der Waals surface area contributed by atoms with Gasteiger partial charge in [0.25, 0.3) is 0 Å². The van der Waals surface area contributed by atoms with E-state index in [0.717, 1.165) is 18.5 Å². The van der Waals surface area contributed by atoms with Gasteiger partial charge in [0.05, 0.1) is 11.6 Å². The third-order valence-electron chi connectivity index (χ3n) is 3.02. The first-order chi connectivity index (χ1) is 8.63. The Balaban J connectivity index is 3.09. The summed E-state index contributed by atoms with van der Waals surface area (Å²) in [6.45, 7) is 6.09. The fraction of sp³-hybridized carbons (Fsp3) is 0.467. The van der Waals surface area contributed by atoms with Crippen LogP contribution in [0.1, 0.15) is 45.6 Å². The number of rotatable bonds is 5. The lowest BCUT2D eigenvalue weighted by molar-refractivity contribution is -0.119. The second-order valence-corrected chi connectivity index (χ2v) is 4.43. The maximum atomic E-state index is 12.2. The van der Waals surface area contributed by atoms with Crippen LogP contribution < -0.4 is 4.90 Å². The summed E-state index contributed by atoms with van der Waals surface area (Å²) in [5.41, 5.74) is 1.41. The van der Waals surface area contributed by atoms with Crippen molar-refractivity contribution in [2.24, 2.45) is 0 Å². The van der Waals surface area contributed by atoms with Crippen molar-refractivity contribution < 1.29 is 4.79 Å². The molecule has 1 unspecified atom stereocenters. The topological polar surface area (TPSA) is 44.1 Å². The van der Waals surface area contributed by atoms with Crippen LogP contribution in [-0.4, -0.2) is 11.9 Å². The van der Waals surface area contributed by atoms with Gasteiger partial charge in [0.2, 0.25) is 5.91 Å². The molecule has 0 radical (unpaired) electrons. The lowest BCUT2D eigenvalue weighted by atomic mass is 10.1. The van der Waals surface area contributed by atoms with Crippen molar-refractivity contribution >= 4 is 11.6 Å². The number of amides is 1. The summed E-state index contributed by atoms with van der Waals surface area (Å²) in [6, 6.07) is 9.50. The summed E-state index contributed by atoms with van der Waals surface area (Å²) in [5.74, 6) is 0.127. The molecule has 0 aromatic heterocycles. The Morgan fingerprint density at radius 3 is 2.72 bits per heavy atom. The zero-order valence-corrected chi connectivity index (χ0v) is 11.3. The molecular weight excluding hydrogens is 224 g/mol. The van der Waals surface area contributed by atoms with Crippen LogP contribution in [0.5, 0.6) is 0 Å². The molecule has 0 saturated carbocycles. The van der Waals surface area contributed by atoms with Crippen LogP contribution in [0.2, 0.25) is 0 Å².